The van der Waals surface area contributed by atoms with Crippen LogP contribution in [0.1, 0.15) is 20.8 Å². The molecule has 2 aromatic rings. The fourth-order valence-electron chi connectivity index (χ4n) is 1.65. The molecule has 1 aromatic carbocycles. The minimum absolute atomic E-state index is 0.0859. The summed E-state index contributed by atoms with van der Waals surface area (Å²) in [6.07, 6.45) is 0. The molecule has 1 heterocycles. The number of ether oxygens (including phenoxy) is 2. The molecule has 0 saturated carbocycles. The van der Waals surface area contributed by atoms with E-state index < -0.39 is 0 Å². The van der Waals surface area contributed by atoms with Crippen LogP contribution in [0, 0.1) is 6.92 Å². The van der Waals surface area contributed by atoms with E-state index in [1.165, 1.54) is 11.3 Å². The molecule has 0 amide bonds. The Morgan fingerprint density at radius 2 is 1.68 bits per heavy atom. The SMILES string of the molecule is COc1cc(OC)cc(C(=O)c2cc(C)c(Cl)s2)c1. The Labute approximate surface area is 120 Å². The second-order valence-electron chi connectivity index (χ2n) is 4.00. The van der Waals surface area contributed by atoms with Crippen molar-refractivity contribution in [3.63, 3.8) is 0 Å². The Morgan fingerprint density at radius 3 is 2.11 bits per heavy atom. The van der Waals surface area contributed by atoms with E-state index in [1.54, 1.807) is 38.5 Å². The van der Waals surface area contributed by atoms with Gasteiger partial charge in [-0.2, -0.15) is 0 Å². The standard InChI is InChI=1S/C14H13ClO3S/c1-8-4-12(19-14(8)15)13(16)9-5-10(17-2)7-11(6-9)18-3/h4-7H,1-3H3. The van der Waals surface area contributed by atoms with E-state index in [0.717, 1.165) is 5.56 Å². The van der Waals surface area contributed by atoms with Crippen molar-refractivity contribution in [3.05, 3.63) is 44.6 Å². The largest absolute Gasteiger partial charge is 0.497 e. The molecule has 0 radical (unpaired) electrons. The molecule has 19 heavy (non-hydrogen) atoms. The number of carbonyl (C=O) groups excluding carboxylic acids is 1. The normalized spacial score (nSPS) is 10.3. The number of thiophene rings is 1. The molecule has 0 bridgehead atoms. The van der Waals surface area contributed by atoms with Crippen molar-refractivity contribution in [1.29, 1.82) is 0 Å². The molecule has 0 aliphatic rings. The monoisotopic (exact) mass is 296 g/mol. The summed E-state index contributed by atoms with van der Waals surface area (Å²) >= 11 is 7.27. The van der Waals surface area contributed by atoms with Crippen molar-refractivity contribution < 1.29 is 14.3 Å². The van der Waals surface area contributed by atoms with Crippen molar-refractivity contribution in [3.8, 4) is 11.5 Å². The number of methoxy groups -OCH3 is 2. The molecule has 0 unspecified atom stereocenters. The summed E-state index contributed by atoms with van der Waals surface area (Å²) in [4.78, 5) is 13.0. The number of hydrogen-bond donors (Lipinski definition) is 0. The van der Waals surface area contributed by atoms with Crippen LogP contribution >= 0.6 is 22.9 Å². The smallest absolute Gasteiger partial charge is 0.203 e. The summed E-state index contributed by atoms with van der Waals surface area (Å²) < 4.78 is 11.0. The van der Waals surface area contributed by atoms with Gasteiger partial charge in [0.15, 0.2) is 0 Å². The van der Waals surface area contributed by atoms with Gasteiger partial charge in [0.25, 0.3) is 0 Å². The van der Waals surface area contributed by atoms with Gasteiger partial charge in [-0.1, -0.05) is 11.6 Å². The molecular weight excluding hydrogens is 284 g/mol. The minimum atomic E-state index is -0.0859. The van der Waals surface area contributed by atoms with Crippen LogP contribution in [0.15, 0.2) is 24.3 Å². The summed E-state index contributed by atoms with van der Waals surface area (Å²) in [6, 6.07) is 6.90. The average Bonchev–Trinajstić information content (AvgIpc) is 2.77. The molecular formula is C14H13ClO3S. The number of rotatable bonds is 4. The Bertz CT molecular complexity index is 577. The maximum absolute atomic E-state index is 12.4. The van der Waals surface area contributed by atoms with Gasteiger partial charge in [0.2, 0.25) is 5.78 Å². The molecule has 0 spiro atoms. The molecule has 100 valence electrons. The highest BCUT2D eigenvalue weighted by atomic mass is 35.5. The second kappa shape index (κ2) is 5.63. The summed E-state index contributed by atoms with van der Waals surface area (Å²) in [5.41, 5.74) is 1.43. The van der Waals surface area contributed by atoms with Gasteiger partial charge in [-0.25, -0.2) is 0 Å². The number of benzene rings is 1. The summed E-state index contributed by atoms with van der Waals surface area (Å²) in [6.45, 7) is 1.88. The Hall–Kier alpha value is -1.52. The molecule has 0 aliphatic heterocycles. The zero-order chi connectivity index (χ0) is 14.0. The van der Waals surface area contributed by atoms with E-state index >= 15 is 0 Å². The second-order valence-corrected chi connectivity index (χ2v) is 5.65. The average molecular weight is 297 g/mol. The Kier molecular flexibility index (Phi) is 4.12. The highest BCUT2D eigenvalue weighted by molar-refractivity contribution is 7.18. The van der Waals surface area contributed by atoms with E-state index in [0.29, 0.717) is 26.3 Å². The third-order valence-electron chi connectivity index (χ3n) is 2.69. The van der Waals surface area contributed by atoms with Gasteiger partial charge in [0.1, 0.15) is 11.5 Å². The van der Waals surface area contributed by atoms with E-state index in [2.05, 4.69) is 0 Å². The van der Waals surface area contributed by atoms with Crippen LogP contribution in [0.5, 0.6) is 11.5 Å². The van der Waals surface area contributed by atoms with Crippen molar-refractivity contribution in [2.75, 3.05) is 14.2 Å². The van der Waals surface area contributed by atoms with Crippen molar-refractivity contribution >= 4 is 28.7 Å². The van der Waals surface area contributed by atoms with E-state index in [4.69, 9.17) is 21.1 Å². The first-order valence-electron chi connectivity index (χ1n) is 5.59. The van der Waals surface area contributed by atoms with Gasteiger partial charge in [-0.3, -0.25) is 4.79 Å². The highest BCUT2D eigenvalue weighted by Gasteiger charge is 2.15. The van der Waals surface area contributed by atoms with Crippen LogP contribution in [-0.4, -0.2) is 20.0 Å². The number of halogens is 1. The van der Waals surface area contributed by atoms with Crippen LogP contribution in [-0.2, 0) is 0 Å². The molecule has 0 N–H and O–H groups in total. The Morgan fingerprint density at radius 1 is 1.11 bits per heavy atom. The summed E-state index contributed by atoms with van der Waals surface area (Å²) in [5, 5.41) is 0. The maximum Gasteiger partial charge on any atom is 0.203 e. The van der Waals surface area contributed by atoms with Crippen LogP contribution in [0.3, 0.4) is 0 Å². The lowest BCUT2D eigenvalue weighted by Gasteiger charge is -2.07. The lowest BCUT2D eigenvalue weighted by atomic mass is 10.1. The molecule has 0 fully saturated rings. The molecule has 5 heteroatoms. The first-order chi connectivity index (χ1) is 9.05. The topological polar surface area (TPSA) is 35.5 Å². The molecule has 0 atom stereocenters. The van der Waals surface area contributed by atoms with Gasteiger partial charge >= 0.3 is 0 Å². The first kappa shape index (κ1) is 13.9. The predicted octanol–water partition coefficient (Wildman–Crippen LogP) is 3.96. The van der Waals surface area contributed by atoms with E-state index in [-0.39, 0.29) is 5.78 Å². The summed E-state index contributed by atoms with van der Waals surface area (Å²) in [7, 11) is 3.10. The van der Waals surface area contributed by atoms with Crippen LogP contribution < -0.4 is 9.47 Å². The van der Waals surface area contributed by atoms with Gasteiger partial charge in [0.05, 0.1) is 23.4 Å². The van der Waals surface area contributed by atoms with Crippen molar-refractivity contribution in [2.24, 2.45) is 0 Å². The predicted molar refractivity (Wildman–Crippen MR) is 77.0 cm³/mol. The summed E-state index contributed by atoms with van der Waals surface area (Å²) in [5.74, 6) is 1.08. The molecule has 1 aromatic heterocycles. The van der Waals surface area contributed by atoms with E-state index in [9.17, 15) is 4.79 Å². The van der Waals surface area contributed by atoms with Crippen LogP contribution in [0.25, 0.3) is 0 Å². The fraction of sp³-hybridized carbons (Fsp3) is 0.214. The van der Waals surface area contributed by atoms with Gasteiger partial charge in [-0.05, 0) is 30.7 Å². The molecule has 0 saturated heterocycles. The number of hydrogen-bond acceptors (Lipinski definition) is 4. The zero-order valence-electron chi connectivity index (χ0n) is 10.8. The van der Waals surface area contributed by atoms with Crippen molar-refractivity contribution in [1.82, 2.24) is 0 Å². The highest BCUT2D eigenvalue weighted by Crippen LogP contribution is 2.30. The lowest BCUT2D eigenvalue weighted by Crippen LogP contribution is -2.00. The van der Waals surface area contributed by atoms with Gasteiger partial charge in [0, 0.05) is 11.6 Å². The minimum Gasteiger partial charge on any atom is -0.497 e. The molecule has 3 nitrogen and oxygen atoms in total. The van der Waals surface area contributed by atoms with Gasteiger partial charge in [-0.15, -0.1) is 11.3 Å². The quantitative estimate of drug-likeness (QED) is 0.801. The third-order valence-corrected chi connectivity index (χ3v) is 4.25. The van der Waals surface area contributed by atoms with E-state index in [1.807, 2.05) is 6.92 Å². The fourth-order valence-corrected chi connectivity index (χ4v) is 2.82. The zero-order valence-corrected chi connectivity index (χ0v) is 12.4. The van der Waals surface area contributed by atoms with Crippen LogP contribution in [0.2, 0.25) is 4.34 Å². The molecule has 2 rings (SSSR count). The number of carbonyl (C=O) groups is 1. The Balaban J connectivity index is 2.43. The lowest BCUT2D eigenvalue weighted by molar-refractivity contribution is 0.104. The number of aryl methyl sites for hydroxylation is 1. The number of ketones is 1. The van der Waals surface area contributed by atoms with Gasteiger partial charge < -0.3 is 9.47 Å². The van der Waals surface area contributed by atoms with Crippen molar-refractivity contribution in [2.45, 2.75) is 6.92 Å². The molecule has 0 aliphatic carbocycles. The third kappa shape index (κ3) is 2.91. The van der Waals surface area contributed by atoms with Crippen LogP contribution in [0.4, 0.5) is 0 Å². The maximum atomic E-state index is 12.4. The first-order valence-corrected chi connectivity index (χ1v) is 6.78.